The lowest BCUT2D eigenvalue weighted by Crippen LogP contribution is -2.23. The van der Waals surface area contributed by atoms with Crippen LogP contribution in [0.15, 0.2) is 38.5 Å². The van der Waals surface area contributed by atoms with Gasteiger partial charge in [-0.3, -0.25) is 4.57 Å². The molecule has 3 rings (SSSR count). The van der Waals surface area contributed by atoms with Crippen molar-refractivity contribution >= 4 is 32.5 Å². The van der Waals surface area contributed by atoms with Gasteiger partial charge in [-0.05, 0) is 19.1 Å². The number of fused-ring (bicyclic) bond motifs is 1. The first kappa shape index (κ1) is 14.9. The van der Waals surface area contributed by atoms with Gasteiger partial charge in [0.15, 0.2) is 5.58 Å². The Labute approximate surface area is 130 Å². The van der Waals surface area contributed by atoms with Crippen molar-refractivity contribution in [3.63, 3.8) is 0 Å². The van der Waals surface area contributed by atoms with Gasteiger partial charge >= 0.3 is 5.76 Å². The molecular weight excluding hydrogens is 326 g/mol. The third kappa shape index (κ3) is 2.70. The number of nitrogens with zero attached hydrogens (tertiary/aromatic N) is 2. The fourth-order valence-corrected chi connectivity index (χ4v) is 3.83. The highest BCUT2D eigenvalue weighted by molar-refractivity contribution is 7.89. The van der Waals surface area contributed by atoms with E-state index in [1.54, 1.807) is 19.3 Å². The first-order valence-electron chi connectivity index (χ1n) is 6.37. The lowest BCUT2D eigenvalue weighted by molar-refractivity contribution is 0.527. The van der Waals surface area contributed by atoms with Gasteiger partial charge in [0.2, 0.25) is 10.0 Å². The van der Waals surface area contributed by atoms with E-state index in [0.717, 1.165) is 4.88 Å². The number of nitrogens with one attached hydrogen (secondary N) is 1. The molecule has 116 valence electrons. The molecule has 0 aliphatic rings. The molecule has 2 heterocycles. The van der Waals surface area contributed by atoms with Crippen LogP contribution in [0.5, 0.6) is 0 Å². The van der Waals surface area contributed by atoms with Crippen LogP contribution in [0.2, 0.25) is 0 Å². The van der Waals surface area contributed by atoms with Crippen molar-refractivity contribution in [2.75, 3.05) is 0 Å². The van der Waals surface area contributed by atoms with Crippen molar-refractivity contribution in [1.29, 1.82) is 0 Å². The van der Waals surface area contributed by atoms with Gasteiger partial charge in [0, 0.05) is 24.2 Å². The number of thiazole rings is 1. The van der Waals surface area contributed by atoms with E-state index in [1.165, 1.54) is 28.0 Å². The van der Waals surface area contributed by atoms with Crippen LogP contribution in [0, 0.1) is 6.92 Å². The van der Waals surface area contributed by atoms with Crippen molar-refractivity contribution < 1.29 is 12.8 Å². The zero-order chi connectivity index (χ0) is 15.9. The monoisotopic (exact) mass is 339 g/mol. The van der Waals surface area contributed by atoms with E-state index in [9.17, 15) is 13.2 Å². The molecule has 3 aromatic rings. The Bertz CT molecular complexity index is 998. The van der Waals surface area contributed by atoms with Crippen LogP contribution >= 0.6 is 11.3 Å². The summed E-state index contributed by atoms with van der Waals surface area (Å²) < 4.78 is 33.4. The van der Waals surface area contributed by atoms with Crippen molar-refractivity contribution in [2.24, 2.45) is 7.05 Å². The van der Waals surface area contributed by atoms with E-state index < -0.39 is 15.8 Å². The normalized spacial score (nSPS) is 12.1. The Kier molecular flexibility index (Phi) is 3.63. The zero-order valence-corrected chi connectivity index (χ0v) is 13.5. The Morgan fingerprint density at radius 1 is 1.41 bits per heavy atom. The fourth-order valence-electron chi connectivity index (χ4n) is 2.00. The Morgan fingerprint density at radius 2 is 2.18 bits per heavy atom. The zero-order valence-electron chi connectivity index (χ0n) is 11.9. The number of aromatic nitrogens is 2. The quantitative estimate of drug-likeness (QED) is 0.775. The molecule has 0 radical (unpaired) electrons. The van der Waals surface area contributed by atoms with E-state index in [0.29, 0.717) is 10.5 Å². The third-order valence-corrected chi connectivity index (χ3v) is 5.47. The number of hydrogen-bond acceptors (Lipinski definition) is 6. The smallest absolute Gasteiger partial charge is 0.408 e. The Hall–Kier alpha value is -1.97. The van der Waals surface area contributed by atoms with Gasteiger partial charge in [-0.15, -0.1) is 11.3 Å². The highest BCUT2D eigenvalue weighted by Crippen LogP contribution is 2.18. The number of benzene rings is 1. The summed E-state index contributed by atoms with van der Waals surface area (Å²) in [7, 11) is -2.14. The average molecular weight is 339 g/mol. The minimum absolute atomic E-state index is 0.0441. The number of sulfonamides is 1. The number of hydrogen-bond donors (Lipinski definition) is 1. The largest absolute Gasteiger partial charge is 0.419 e. The summed E-state index contributed by atoms with van der Waals surface area (Å²) in [5.41, 5.74) is 0.778. The van der Waals surface area contributed by atoms with Crippen LogP contribution in [0.4, 0.5) is 0 Å². The topological polar surface area (TPSA) is 94.2 Å². The van der Waals surface area contributed by atoms with E-state index in [2.05, 4.69) is 9.71 Å². The molecule has 1 aromatic carbocycles. The minimum Gasteiger partial charge on any atom is -0.408 e. The number of rotatable bonds is 4. The lowest BCUT2D eigenvalue weighted by Gasteiger charge is -2.05. The molecule has 0 aliphatic carbocycles. The summed E-state index contributed by atoms with van der Waals surface area (Å²) in [4.78, 5) is 16.6. The molecule has 9 heteroatoms. The van der Waals surface area contributed by atoms with E-state index in [-0.39, 0.29) is 17.0 Å². The molecule has 0 aliphatic heterocycles. The van der Waals surface area contributed by atoms with Gasteiger partial charge in [0.05, 0.1) is 17.0 Å². The summed E-state index contributed by atoms with van der Waals surface area (Å²) in [5.74, 6) is -0.532. The maximum absolute atomic E-state index is 12.3. The second kappa shape index (κ2) is 5.34. The molecule has 0 saturated carbocycles. The Morgan fingerprint density at radius 3 is 2.86 bits per heavy atom. The first-order valence-corrected chi connectivity index (χ1v) is 8.67. The van der Waals surface area contributed by atoms with Crippen LogP contribution in [0.25, 0.3) is 11.1 Å². The molecular formula is C13H13N3O4S2. The molecule has 22 heavy (non-hydrogen) atoms. The predicted octanol–water partition coefficient (Wildman–Crippen LogP) is 1.37. The molecule has 0 saturated heterocycles. The summed E-state index contributed by atoms with van der Waals surface area (Å²) in [6.07, 6.45) is 1.69. The highest BCUT2D eigenvalue weighted by atomic mass is 32.2. The third-order valence-electron chi connectivity index (χ3n) is 3.16. The summed E-state index contributed by atoms with van der Waals surface area (Å²) >= 11 is 1.43. The van der Waals surface area contributed by atoms with Crippen LogP contribution in [-0.2, 0) is 23.6 Å². The fraction of sp³-hybridized carbons (Fsp3) is 0.231. The van der Waals surface area contributed by atoms with Crippen molar-refractivity contribution in [2.45, 2.75) is 18.4 Å². The van der Waals surface area contributed by atoms with Crippen molar-refractivity contribution in [1.82, 2.24) is 14.3 Å². The molecule has 0 spiro atoms. The number of oxazole rings is 1. The maximum Gasteiger partial charge on any atom is 0.419 e. The molecule has 0 bridgehead atoms. The lowest BCUT2D eigenvalue weighted by atomic mass is 10.3. The van der Waals surface area contributed by atoms with Gasteiger partial charge in [-0.1, -0.05) is 0 Å². The molecule has 0 amide bonds. The van der Waals surface area contributed by atoms with Gasteiger partial charge < -0.3 is 4.42 Å². The van der Waals surface area contributed by atoms with Gasteiger partial charge in [-0.2, -0.15) is 0 Å². The summed E-state index contributed by atoms with van der Waals surface area (Å²) in [6, 6.07) is 4.32. The average Bonchev–Trinajstić information content (AvgIpc) is 3.01. The second-order valence-corrected chi connectivity index (χ2v) is 7.83. The SMILES string of the molecule is Cc1cnc(CNS(=O)(=O)c2ccc3c(c2)oc(=O)n3C)s1. The number of aryl methyl sites for hydroxylation is 2. The molecule has 7 nitrogen and oxygen atoms in total. The van der Waals surface area contributed by atoms with E-state index in [4.69, 9.17) is 4.42 Å². The molecule has 0 fully saturated rings. The van der Waals surface area contributed by atoms with E-state index >= 15 is 0 Å². The second-order valence-electron chi connectivity index (χ2n) is 4.75. The van der Waals surface area contributed by atoms with Crippen molar-refractivity contribution in [3.05, 3.63) is 44.8 Å². The van der Waals surface area contributed by atoms with Crippen LogP contribution in [0.1, 0.15) is 9.88 Å². The van der Waals surface area contributed by atoms with Crippen molar-refractivity contribution in [3.8, 4) is 0 Å². The minimum atomic E-state index is -3.70. The molecule has 2 aromatic heterocycles. The molecule has 0 atom stereocenters. The van der Waals surface area contributed by atoms with Gasteiger partial charge in [0.25, 0.3) is 0 Å². The van der Waals surface area contributed by atoms with Gasteiger partial charge in [-0.25, -0.2) is 22.9 Å². The van der Waals surface area contributed by atoms with Crippen LogP contribution < -0.4 is 10.5 Å². The molecule has 1 N–H and O–H groups in total. The predicted molar refractivity (Wildman–Crippen MR) is 82.3 cm³/mol. The first-order chi connectivity index (χ1) is 10.4. The highest BCUT2D eigenvalue weighted by Gasteiger charge is 2.17. The van der Waals surface area contributed by atoms with Gasteiger partial charge in [0.1, 0.15) is 5.01 Å². The van der Waals surface area contributed by atoms with Crippen LogP contribution in [-0.4, -0.2) is 18.0 Å². The summed E-state index contributed by atoms with van der Waals surface area (Å²) in [6.45, 7) is 2.03. The standard InChI is InChI=1S/C13H13N3O4S2/c1-8-6-14-12(21-8)7-15-22(18,19)9-3-4-10-11(5-9)20-13(17)16(10)2/h3-6,15H,7H2,1-2H3. The van der Waals surface area contributed by atoms with Crippen LogP contribution in [0.3, 0.4) is 0 Å². The Balaban J connectivity index is 1.89. The maximum atomic E-state index is 12.3. The van der Waals surface area contributed by atoms with E-state index in [1.807, 2.05) is 6.92 Å². The molecule has 0 unspecified atom stereocenters. The summed E-state index contributed by atoms with van der Waals surface area (Å²) in [5, 5.41) is 0.688.